The monoisotopic (exact) mass is 302 g/mol. The number of carbonyl (C=O) groups excluding carboxylic acids is 1. The van der Waals surface area contributed by atoms with Crippen LogP contribution in [0.4, 0.5) is 5.69 Å². The van der Waals surface area contributed by atoms with Crippen molar-refractivity contribution in [2.75, 3.05) is 11.9 Å². The maximum absolute atomic E-state index is 11.3. The first-order chi connectivity index (χ1) is 10.1. The average molecular weight is 302 g/mol. The Hall–Kier alpha value is -1.85. The third-order valence-corrected chi connectivity index (χ3v) is 4.66. The van der Waals surface area contributed by atoms with Crippen LogP contribution in [0.15, 0.2) is 30.3 Å². The fourth-order valence-corrected chi connectivity index (χ4v) is 3.20. The first-order valence-corrected chi connectivity index (χ1v) is 7.79. The van der Waals surface area contributed by atoms with Gasteiger partial charge in [0.2, 0.25) is 0 Å². The molecule has 0 bridgehead atoms. The number of aryl methyl sites for hydroxylation is 1. The lowest BCUT2D eigenvalue weighted by atomic mass is 10.1. The molecule has 2 N–H and O–H groups in total. The van der Waals surface area contributed by atoms with Gasteiger partial charge in [-0.15, -0.1) is 11.3 Å². The number of hydrogen-bond donors (Lipinski definition) is 2. The summed E-state index contributed by atoms with van der Waals surface area (Å²) in [7, 11) is 0. The van der Waals surface area contributed by atoms with E-state index in [4.69, 9.17) is 4.74 Å². The minimum Gasteiger partial charge on any atom is -0.482 e. The second-order valence-corrected chi connectivity index (χ2v) is 6.54. The Morgan fingerprint density at radius 1 is 1.38 bits per heavy atom. The number of fused-ring (bicyclic) bond motifs is 1. The topological polar surface area (TPSA) is 50.4 Å². The summed E-state index contributed by atoms with van der Waals surface area (Å²) in [5.74, 6) is 0.635. The van der Waals surface area contributed by atoms with Crippen LogP contribution in [0.2, 0.25) is 0 Å². The fraction of sp³-hybridized carbons (Fsp3) is 0.312. The van der Waals surface area contributed by atoms with Crippen LogP contribution in [0.3, 0.4) is 0 Å². The van der Waals surface area contributed by atoms with E-state index in [1.165, 1.54) is 9.75 Å². The second kappa shape index (κ2) is 5.87. The van der Waals surface area contributed by atoms with Crippen molar-refractivity contribution < 1.29 is 9.53 Å². The Kier molecular flexibility index (Phi) is 3.94. The van der Waals surface area contributed by atoms with Gasteiger partial charge in [-0.3, -0.25) is 4.79 Å². The molecule has 4 nitrogen and oxygen atoms in total. The SMILES string of the molecule is Cc1ccc(C(C)NCc2ccc3c(c2)NC(=O)CO3)s1. The number of rotatable bonds is 4. The summed E-state index contributed by atoms with van der Waals surface area (Å²) < 4.78 is 5.36. The van der Waals surface area contributed by atoms with E-state index in [-0.39, 0.29) is 12.5 Å². The van der Waals surface area contributed by atoms with Gasteiger partial charge in [0.1, 0.15) is 5.75 Å². The molecule has 110 valence electrons. The molecule has 0 saturated heterocycles. The summed E-state index contributed by atoms with van der Waals surface area (Å²) in [6.45, 7) is 5.13. The maximum Gasteiger partial charge on any atom is 0.262 e. The molecule has 2 aromatic rings. The van der Waals surface area contributed by atoms with Crippen LogP contribution in [0.1, 0.15) is 28.3 Å². The highest BCUT2D eigenvalue weighted by Crippen LogP contribution is 2.29. The van der Waals surface area contributed by atoms with Crippen molar-refractivity contribution in [2.24, 2.45) is 0 Å². The predicted molar refractivity (Wildman–Crippen MR) is 84.9 cm³/mol. The molecule has 0 aliphatic carbocycles. The van der Waals surface area contributed by atoms with Crippen LogP contribution in [-0.4, -0.2) is 12.5 Å². The van der Waals surface area contributed by atoms with Crippen molar-refractivity contribution >= 4 is 22.9 Å². The summed E-state index contributed by atoms with van der Waals surface area (Å²) in [5, 5.41) is 6.34. The van der Waals surface area contributed by atoms with Crippen molar-refractivity contribution in [1.82, 2.24) is 5.32 Å². The van der Waals surface area contributed by atoms with Gasteiger partial charge in [0.15, 0.2) is 6.61 Å². The quantitative estimate of drug-likeness (QED) is 0.911. The van der Waals surface area contributed by atoms with Gasteiger partial charge in [0.25, 0.3) is 5.91 Å². The Balaban J connectivity index is 1.65. The van der Waals surface area contributed by atoms with E-state index >= 15 is 0 Å². The lowest BCUT2D eigenvalue weighted by Crippen LogP contribution is -2.25. The van der Waals surface area contributed by atoms with Crippen molar-refractivity contribution in [2.45, 2.75) is 26.4 Å². The molecule has 1 aliphatic heterocycles. The Morgan fingerprint density at radius 3 is 3.00 bits per heavy atom. The van der Waals surface area contributed by atoms with Gasteiger partial charge in [-0.2, -0.15) is 0 Å². The van der Waals surface area contributed by atoms with Gasteiger partial charge in [-0.1, -0.05) is 6.07 Å². The van der Waals surface area contributed by atoms with Crippen molar-refractivity contribution in [3.8, 4) is 5.75 Å². The first kappa shape index (κ1) is 14.1. The summed E-state index contributed by atoms with van der Waals surface area (Å²) in [6.07, 6.45) is 0. The Bertz CT molecular complexity index is 666. The normalized spacial score (nSPS) is 15.0. The fourth-order valence-electron chi connectivity index (χ4n) is 2.30. The van der Waals surface area contributed by atoms with Crippen LogP contribution < -0.4 is 15.4 Å². The number of ether oxygens (including phenoxy) is 1. The second-order valence-electron chi connectivity index (χ2n) is 5.22. The van der Waals surface area contributed by atoms with E-state index in [9.17, 15) is 4.79 Å². The number of amides is 1. The van der Waals surface area contributed by atoms with E-state index < -0.39 is 0 Å². The highest BCUT2D eigenvalue weighted by Gasteiger charge is 2.16. The Morgan fingerprint density at radius 2 is 2.24 bits per heavy atom. The van der Waals surface area contributed by atoms with Crippen LogP contribution in [0, 0.1) is 6.92 Å². The molecule has 5 heteroatoms. The lowest BCUT2D eigenvalue weighted by Gasteiger charge is -2.19. The molecule has 1 aromatic carbocycles. The highest BCUT2D eigenvalue weighted by atomic mass is 32.1. The number of thiophene rings is 1. The van der Waals surface area contributed by atoms with Gasteiger partial charge in [-0.25, -0.2) is 0 Å². The third-order valence-electron chi connectivity index (χ3n) is 3.48. The summed E-state index contributed by atoms with van der Waals surface area (Å²) >= 11 is 1.81. The average Bonchev–Trinajstić information content (AvgIpc) is 2.91. The lowest BCUT2D eigenvalue weighted by molar-refractivity contribution is -0.118. The van der Waals surface area contributed by atoms with Gasteiger partial charge in [-0.05, 0) is 43.7 Å². The Labute approximate surface area is 128 Å². The molecule has 1 atom stereocenters. The number of nitrogens with one attached hydrogen (secondary N) is 2. The largest absolute Gasteiger partial charge is 0.482 e. The minimum absolute atomic E-state index is 0.0966. The third kappa shape index (κ3) is 3.25. The van der Waals surface area contributed by atoms with Crippen molar-refractivity contribution in [3.05, 3.63) is 45.6 Å². The van der Waals surface area contributed by atoms with Crippen molar-refractivity contribution in [1.29, 1.82) is 0 Å². The van der Waals surface area contributed by atoms with E-state index in [1.807, 2.05) is 29.5 Å². The van der Waals surface area contributed by atoms with Gasteiger partial charge >= 0.3 is 0 Å². The molecule has 0 radical (unpaired) electrons. The molecule has 1 aliphatic rings. The van der Waals surface area contributed by atoms with E-state index in [0.717, 1.165) is 23.5 Å². The molecule has 1 aromatic heterocycles. The van der Waals surface area contributed by atoms with Gasteiger partial charge in [0, 0.05) is 22.3 Å². The molecular formula is C16H18N2O2S. The van der Waals surface area contributed by atoms with Crippen LogP contribution >= 0.6 is 11.3 Å². The molecule has 3 rings (SSSR count). The minimum atomic E-state index is -0.102. The summed E-state index contributed by atoms with van der Waals surface area (Å²) in [4.78, 5) is 14.0. The zero-order valence-electron chi connectivity index (χ0n) is 12.1. The highest BCUT2D eigenvalue weighted by molar-refractivity contribution is 7.12. The van der Waals surface area contributed by atoms with Crippen LogP contribution in [0.25, 0.3) is 0 Å². The molecule has 0 spiro atoms. The van der Waals surface area contributed by atoms with E-state index in [1.54, 1.807) is 0 Å². The summed E-state index contributed by atoms with van der Waals surface area (Å²) in [5.41, 5.74) is 1.88. The van der Waals surface area contributed by atoms with Crippen LogP contribution in [0.5, 0.6) is 5.75 Å². The van der Waals surface area contributed by atoms with E-state index in [0.29, 0.717) is 6.04 Å². The zero-order valence-corrected chi connectivity index (χ0v) is 12.9. The van der Waals surface area contributed by atoms with Gasteiger partial charge in [0.05, 0.1) is 5.69 Å². The maximum atomic E-state index is 11.3. The molecule has 1 unspecified atom stereocenters. The molecular weight excluding hydrogens is 284 g/mol. The molecule has 0 saturated carbocycles. The number of carbonyl (C=O) groups is 1. The molecule has 21 heavy (non-hydrogen) atoms. The molecule has 2 heterocycles. The molecule has 0 fully saturated rings. The number of benzene rings is 1. The zero-order chi connectivity index (χ0) is 14.8. The van der Waals surface area contributed by atoms with Gasteiger partial charge < -0.3 is 15.4 Å². The number of anilines is 1. The van der Waals surface area contributed by atoms with E-state index in [2.05, 4.69) is 36.6 Å². The van der Waals surface area contributed by atoms with Crippen molar-refractivity contribution in [3.63, 3.8) is 0 Å². The number of hydrogen-bond acceptors (Lipinski definition) is 4. The van der Waals surface area contributed by atoms with Crippen LogP contribution in [-0.2, 0) is 11.3 Å². The summed E-state index contributed by atoms with van der Waals surface area (Å²) in [6, 6.07) is 10.5. The molecule has 1 amide bonds. The predicted octanol–water partition coefficient (Wildman–Crippen LogP) is 3.24. The first-order valence-electron chi connectivity index (χ1n) is 6.97. The smallest absolute Gasteiger partial charge is 0.262 e. The standard InChI is InChI=1S/C16H18N2O2S/c1-10-3-6-15(21-10)11(2)17-8-12-4-5-14-13(7-12)18-16(19)9-20-14/h3-7,11,17H,8-9H2,1-2H3,(H,18,19).